The van der Waals surface area contributed by atoms with Gasteiger partial charge in [-0.15, -0.1) is 0 Å². The van der Waals surface area contributed by atoms with Crippen LogP contribution >= 0.6 is 11.8 Å². The van der Waals surface area contributed by atoms with Crippen molar-refractivity contribution in [3.8, 4) is 0 Å². The van der Waals surface area contributed by atoms with Gasteiger partial charge in [0.15, 0.2) is 0 Å². The van der Waals surface area contributed by atoms with E-state index in [-0.39, 0.29) is 29.1 Å². The number of halogens is 3. The molecule has 1 atom stereocenters. The highest BCUT2D eigenvalue weighted by Gasteiger charge is 2.30. The molecular weight excluding hydrogens is 279 g/mol. The second-order valence-corrected chi connectivity index (χ2v) is 5.13. The van der Waals surface area contributed by atoms with Crippen LogP contribution in [0.1, 0.15) is 19.8 Å². The molecule has 2 N–H and O–H groups in total. The molecule has 19 heavy (non-hydrogen) atoms. The molecule has 0 saturated carbocycles. The van der Waals surface area contributed by atoms with Gasteiger partial charge in [-0.1, -0.05) is 12.1 Å². The number of para-hydroxylation sites is 1. The zero-order chi connectivity index (χ0) is 14.5. The fourth-order valence-corrected chi connectivity index (χ4v) is 2.11. The Hall–Kier alpha value is -1.37. The van der Waals surface area contributed by atoms with Crippen LogP contribution in [-0.2, 0) is 4.79 Å². The molecule has 0 amide bonds. The smallest absolute Gasteiger partial charge is 0.446 e. The molecule has 0 aliphatic rings. The molecule has 1 aromatic rings. The first kappa shape index (κ1) is 15.7. The molecular formula is C12H14F3NO2S. The first-order valence-corrected chi connectivity index (χ1v) is 6.42. The van der Waals surface area contributed by atoms with Crippen LogP contribution < -0.4 is 5.32 Å². The monoisotopic (exact) mass is 293 g/mol. The van der Waals surface area contributed by atoms with E-state index in [0.717, 1.165) is 0 Å². The number of carboxylic acid groups (broad SMARTS) is 1. The minimum atomic E-state index is -4.35. The fraction of sp³-hybridized carbons (Fsp3) is 0.417. The highest BCUT2D eigenvalue weighted by molar-refractivity contribution is 8.00. The molecule has 106 valence electrons. The lowest BCUT2D eigenvalue weighted by molar-refractivity contribution is -0.137. The third kappa shape index (κ3) is 6.37. The summed E-state index contributed by atoms with van der Waals surface area (Å²) in [6, 6.07) is 5.87. The third-order valence-corrected chi connectivity index (χ3v) is 3.11. The minimum Gasteiger partial charge on any atom is -0.481 e. The predicted octanol–water partition coefficient (Wildman–Crippen LogP) is 3.96. The second kappa shape index (κ2) is 6.70. The molecule has 0 spiro atoms. The summed E-state index contributed by atoms with van der Waals surface area (Å²) in [5, 5.41) is 11.5. The SMILES string of the molecule is CC(CCC(=O)O)Nc1ccccc1SC(F)(F)F. The average molecular weight is 293 g/mol. The number of alkyl halides is 3. The van der Waals surface area contributed by atoms with Gasteiger partial charge in [-0.3, -0.25) is 4.79 Å². The molecule has 0 aromatic heterocycles. The van der Waals surface area contributed by atoms with Gasteiger partial charge in [-0.25, -0.2) is 0 Å². The first-order chi connectivity index (χ1) is 8.78. The number of hydrogen-bond donors (Lipinski definition) is 2. The molecule has 1 rings (SSSR count). The quantitative estimate of drug-likeness (QED) is 0.779. The van der Waals surface area contributed by atoms with E-state index in [1.807, 2.05) is 0 Å². The fourth-order valence-electron chi connectivity index (χ4n) is 1.48. The highest BCUT2D eigenvalue weighted by Crippen LogP contribution is 2.40. The lowest BCUT2D eigenvalue weighted by Crippen LogP contribution is -2.17. The van der Waals surface area contributed by atoms with Crippen molar-refractivity contribution in [1.82, 2.24) is 0 Å². The number of rotatable bonds is 6. The van der Waals surface area contributed by atoms with Crippen molar-refractivity contribution in [1.29, 1.82) is 0 Å². The molecule has 7 heteroatoms. The van der Waals surface area contributed by atoms with Crippen LogP contribution in [0.4, 0.5) is 18.9 Å². The van der Waals surface area contributed by atoms with E-state index in [2.05, 4.69) is 5.32 Å². The van der Waals surface area contributed by atoms with Gasteiger partial charge in [0, 0.05) is 23.0 Å². The summed E-state index contributed by atoms with van der Waals surface area (Å²) < 4.78 is 37.1. The molecule has 1 unspecified atom stereocenters. The zero-order valence-corrected chi connectivity index (χ0v) is 11.0. The summed E-state index contributed by atoms with van der Waals surface area (Å²) >= 11 is -0.185. The van der Waals surface area contributed by atoms with Gasteiger partial charge in [0.2, 0.25) is 0 Å². The van der Waals surface area contributed by atoms with Gasteiger partial charge in [0.1, 0.15) is 0 Å². The van der Waals surface area contributed by atoms with Crippen LogP contribution in [0.2, 0.25) is 0 Å². The number of hydrogen-bond acceptors (Lipinski definition) is 3. The van der Waals surface area contributed by atoms with Crippen LogP contribution in [0.25, 0.3) is 0 Å². The number of benzene rings is 1. The molecule has 1 aromatic carbocycles. The molecule has 0 aliphatic heterocycles. The summed E-state index contributed by atoms with van der Waals surface area (Å²) in [6.07, 6.45) is 0.323. The molecule has 0 bridgehead atoms. The Kier molecular flexibility index (Phi) is 5.53. The second-order valence-electron chi connectivity index (χ2n) is 4.02. The normalized spacial score (nSPS) is 13.1. The van der Waals surface area contributed by atoms with Gasteiger partial charge in [0.05, 0.1) is 0 Å². The minimum absolute atomic E-state index is 0.0251. The van der Waals surface area contributed by atoms with E-state index in [0.29, 0.717) is 12.1 Å². The topological polar surface area (TPSA) is 49.3 Å². The lowest BCUT2D eigenvalue weighted by atomic mass is 10.1. The van der Waals surface area contributed by atoms with E-state index in [1.54, 1.807) is 19.1 Å². The van der Waals surface area contributed by atoms with Crippen molar-refractivity contribution in [2.75, 3.05) is 5.32 Å². The van der Waals surface area contributed by atoms with Gasteiger partial charge in [-0.2, -0.15) is 13.2 Å². The Labute approximate surface area is 113 Å². The number of nitrogens with one attached hydrogen (secondary N) is 1. The van der Waals surface area contributed by atoms with Crippen molar-refractivity contribution in [3.63, 3.8) is 0 Å². The van der Waals surface area contributed by atoms with Crippen molar-refractivity contribution < 1.29 is 23.1 Å². The third-order valence-electron chi connectivity index (χ3n) is 2.31. The number of aliphatic carboxylic acids is 1. The van der Waals surface area contributed by atoms with Crippen LogP contribution in [-0.4, -0.2) is 22.6 Å². The summed E-state index contributed by atoms with van der Waals surface area (Å²) in [5.74, 6) is -0.924. The average Bonchev–Trinajstić information content (AvgIpc) is 2.27. The van der Waals surface area contributed by atoms with Crippen molar-refractivity contribution in [2.24, 2.45) is 0 Å². The Morgan fingerprint density at radius 1 is 1.42 bits per heavy atom. The molecule has 0 saturated heterocycles. The maximum Gasteiger partial charge on any atom is 0.446 e. The van der Waals surface area contributed by atoms with Crippen molar-refractivity contribution in [2.45, 2.75) is 36.2 Å². The Morgan fingerprint density at radius 3 is 2.63 bits per heavy atom. The Bertz CT molecular complexity index is 437. The van der Waals surface area contributed by atoms with Crippen LogP contribution in [0, 0.1) is 0 Å². The Morgan fingerprint density at radius 2 is 2.05 bits per heavy atom. The Balaban J connectivity index is 2.69. The largest absolute Gasteiger partial charge is 0.481 e. The van der Waals surface area contributed by atoms with E-state index >= 15 is 0 Å². The first-order valence-electron chi connectivity index (χ1n) is 5.61. The number of carbonyl (C=O) groups is 1. The van der Waals surface area contributed by atoms with E-state index in [9.17, 15) is 18.0 Å². The number of thioether (sulfide) groups is 1. The summed E-state index contributed by atoms with van der Waals surface area (Å²) in [4.78, 5) is 10.5. The van der Waals surface area contributed by atoms with Crippen molar-refractivity contribution in [3.05, 3.63) is 24.3 Å². The molecule has 0 heterocycles. The number of carboxylic acids is 1. The van der Waals surface area contributed by atoms with Crippen molar-refractivity contribution >= 4 is 23.4 Å². The molecule has 0 fully saturated rings. The summed E-state index contributed by atoms with van der Waals surface area (Å²) in [6.45, 7) is 1.73. The van der Waals surface area contributed by atoms with Crippen LogP contribution in [0.3, 0.4) is 0 Å². The van der Waals surface area contributed by atoms with Crippen LogP contribution in [0.15, 0.2) is 29.2 Å². The molecule has 0 aliphatic carbocycles. The summed E-state index contributed by atoms with van der Waals surface area (Å²) in [5.41, 5.74) is -3.98. The molecule has 3 nitrogen and oxygen atoms in total. The highest BCUT2D eigenvalue weighted by atomic mass is 32.2. The van der Waals surface area contributed by atoms with Gasteiger partial charge < -0.3 is 10.4 Å². The lowest BCUT2D eigenvalue weighted by Gasteiger charge is -2.17. The van der Waals surface area contributed by atoms with Gasteiger partial charge in [-0.05, 0) is 37.2 Å². The van der Waals surface area contributed by atoms with E-state index < -0.39 is 11.5 Å². The van der Waals surface area contributed by atoms with E-state index in [1.165, 1.54) is 12.1 Å². The summed E-state index contributed by atoms with van der Waals surface area (Å²) in [7, 11) is 0. The van der Waals surface area contributed by atoms with Gasteiger partial charge in [0.25, 0.3) is 0 Å². The predicted molar refractivity (Wildman–Crippen MR) is 68.3 cm³/mol. The van der Waals surface area contributed by atoms with Crippen LogP contribution in [0.5, 0.6) is 0 Å². The maximum atomic E-state index is 12.4. The zero-order valence-electron chi connectivity index (χ0n) is 10.2. The standard InChI is InChI=1S/C12H14F3NO2S/c1-8(6-7-11(17)18)16-9-4-2-3-5-10(9)19-12(13,14)15/h2-5,8,16H,6-7H2,1H3,(H,17,18). The molecule has 0 radical (unpaired) electrons. The van der Waals surface area contributed by atoms with E-state index in [4.69, 9.17) is 5.11 Å². The van der Waals surface area contributed by atoms with Gasteiger partial charge >= 0.3 is 11.5 Å². The maximum absolute atomic E-state index is 12.4. The number of anilines is 1.